The van der Waals surface area contributed by atoms with Crippen molar-refractivity contribution in [2.24, 2.45) is 4.99 Å². The van der Waals surface area contributed by atoms with Crippen LogP contribution in [-0.4, -0.2) is 64.5 Å². The summed E-state index contributed by atoms with van der Waals surface area (Å²) in [5.74, 6) is 2.58. The fraction of sp³-hybridized carbons (Fsp3) is 0.480. The van der Waals surface area contributed by atoms with E-state index in [1.807, 2.05) is 18.2 Å². The number of hydrogen-bond acceptors (Lipinski definition) is 5. The van der Waals surface area contributed by atoms with Crippen molar-refractivity contribution in [3.63, 3.8) is 0 Å². The Bertz CT molecular complexity index is 870. The molecule has 0 amide bonds. The number of aryl methyl sites for hydroxylation is 1. The molecule has 1 aliphatic heterocycles. The Morgan fingerprint density at radius 3 is 2.39 bits per heavy atom. The van der Waals surface area contributed by atoms with E-state index in [0.717, 1.165) is 68.0 Å². The molecule has 1 aliphatic rings. The zero-order valence-corrected chi connectivity index (χ0v) is 22.4. The minimum Gasteiger partial charge on any atom is -0.497 e. The van der Waals surface area contributed by atoms with Gasteiger partial charge >= 0.3 is 0 Å². The summed E-state index contributed by atoms with van der Waals surface area (Å²) in [7, 11) is 3.39. The minimum absolute atomic E-state index is 0. The first-order valence-corrected chi connectivity index (χ1v) is 11.3. The van der Waals surface area contributed by atoms with E-state index in [1.165, 1.54) is 5.56 Å². The molecule has 2 aromatic rings. The molecule has 3 rings (SSSR count). The van der Waals surface area contributed by atoms with Crippen molar-refractivity contribution >= 4 is 29.9 Å². The molecule has 1 saturated heterocycles. The number of benzene rings is 2. The highest BCUT2D eigenvalue weighted by Crippen LogP contribution is 2.24. The highest BCUT2D eigenvalue weighted by Gasteiger charge is 2.23. The molecule has 33 heavy (non-hydrogen) atoms. The van der Waals surface area contributed by atoms with Gasteiger partial charge in [-0.05, 0) is 48.7 Å². The number of aliphatic imine (C=N–C) groups is 1. The van der Waals surface area contributed by atoms with Gasteiger partial charge < -0.3 is 24.8 Å². The maximum Gasteiger partial charge on any atom is 0.191 e. The number of rotatable bonds is 9. The van der Waals surface area contributed by atoms with Crippen LogP contribution in [0.15, 0.2) is 47.5 Å². The van der Waals surface area contributed by atoms with Crippen molar-refractivity contribution < 1.29 is 14.2 Å². The van der Waals surface area contributed by atoms with Gasteiger partial charge in [-0.3, -0.25) is 4.90 Å². The van der Waals surface area contributed by atoms with Crippen LogP contribution in [0, 0.1) is 6.92 Å². The molecule has 0 spiro atoms. The number of methoxy groups -OCH3 is 2. The highest BCUT2D eigenvalue weighted by molar-refractivity contribution is 14.0. The maximum absolute atomic E-state index is 5.57. The molecular formula is C25H37IN4O3. The number of ether oxygens (including phenoxy) is 3. The van der Waals surface area contributed by atoms with E-state index in [0.29, 0.717) is 6.54 Å². The Kier molecular flexibility index (Phi) is 11.8. The maximum atomic E-state index is 5.57. The van der Waals surface area contributed by atoms with Crippen LogP contribution in [0.5, 0.6) is 11.5 Å². The largest absolute Gasteiger partial charge is 0.497 e. The summed E-state index contributed by atoms with van der Waals surface area (Å²) in [6, 6.07) is 14.7. The van der Waals surface area contributed by atoms with Crippen molar-refractivity contribution in [1.82, 2.24) is 15.5 Å². The topological polar surface area (TPSA) is 67.4 Å². The lowest BCUT2D eigenvalue weighted by atomic mass is 10.0. The van der Waals surface area contributed by atoms with Crippen LogP contribution in [-0.2, 0) is 11.3 Å². The standard InChI is InChI=1S/C25H36N4O3.HI/c1-5-26-25(27-17-20-6-11-24(31-4)19(2)16-20)28-18-23(29-12-14-32-15-13-29)21-7-9-22(30-3)10-8-21;/h6-11,16,23H,5,12-15,17-18H2,1-4H3,(H2,26,27,28);1H. The quantitative estimate of drug-likeness (QED) is 0.273. The molecule has 2 N–H and O–H groups in total. The van der Waals surface area contributed by atoms with Gasteiger partial charge in [0.25, 0.3) is 0 Å². The van der Waals surface area contributed by atoms with Gasteiger partial charge in [-0.2, -0.15) is 0 Å². The summed E-state index contributed by atoms with van der Waals surface area (Å²) >= 11 is 0. The van der Waals surface area contributed by atoms with Gasteiger partial charge in [-0.15, -0.1) is 24.0 Å². The van der Waals surface area contributed by atoms with E-state index < -0.39 is 0 Å². The second-order valence-electron chi connectivity index (χ2n) is 7.82. The zero-order chi connectivity index (χ0) is 22.8. The Morgan fingerprint density at radius 1 is 1.06 bits per heavy atom. The fourth-order valence-corrected chi connectivity index (χ4v) is 3.92. The van der Waals surface area contributed by atoms with Crippen LogP contribution in [0.4, 0.5) is 0 Å². The first-order chi connectivity index (χ1) is 15.6. The number of morpholine rings is 1. The number of guanidine groups is 1. The molecule has 7 nitrogen and oxygen atoms in total. The lowest BCUT2D eigenvalue weighted by molar-refractivity contribution is 0.0170. The predicted molar refractivity (Wildman–Crippen MR) is 144 cm³/mol. The third-order valence-electron chi connectivity index (χ3n) is 5.67. The van der Waals surface area contributed by atoms with E-state index in [4.69, 9.17) is 19.2 Å². The van der Waals surface area contributed by atoms with Crippen molar-refractivity contribution in [3.05, 3.63) is 59.2 Å². The Labute approximate surface area is 214 Å². The molecule has 0 bridgehead atoms. The van der Waals surface area contributed by atoms with Crippen molar-refractivity contribution in [1.29, 1.82) is 0 Å². The molecule has 1 atom stereocenters. The minimum atomic E-state index is 0. The molecule has 8 heteroatoms. The molecule has 1 unspecified atom stereocenters. The van der Waals surface area contributed by atoms with Crippen molar-refractivity contribution in [3.8, 4) is 11.5 Å². The summed E-state index contributed by atoms with van der Waals surface area (Å²) in [6.45, 7) is 9.64. The molecule has 1 heterocycles. The second kappa shape index (κ2) is 14.3. The highest BCUT2D eigenvalue weighted by atomic mass is 127. The van der Waals surface area contributed by atoms with E-state index in [1.54, 1.807) is 14.2 Å². The Balaban J connectivity index is 0.00000385. The molecule has 1 fully saturated rings. The molecule has 0 aromatic heterocycles. The molecule has 182 valence electrons. The monoisotopic (exact) mass is 568 g/mol. The summed E-state index contributed by atoms with van der Waals surface area (Å²) in [5, 5.41) is 6.92. The predicted octanol–water partition coefficient (Wildman–Crippen LogP) is 3.76. The number of halogens is 1. The number of nitrogens with one attached hydrogen (secondary N) is 2. The SMILES string of the molecule is CCNC(=NCc1ccc(OC)c(C)c1)NCC(c1ccc(OC)cc1)N1CCOCC1.I. The van der Waals surface area contributed by atoms with Crippen LogP contribution in [0.3, 0.4) is 0 Å². The Hall–Kier alpha value is -2.04. The van der Waals surface area contributed by atoms with E-state index in [2.05, 4.69) is 53.6 Å². The van der Waals surface area contributed by atoms with Crippen molar-refractivity contribution in [2.45, 2.75) is 26.4 Å². The normalized spacial score (nSPS) is 15.3. The van der Waals surface area contributed by atoms with Gasteiger partial charge in [-0.1, -0.05) is 24.3 Å². The van der Waals surface area contributed by atoms with Crippen LogP contribution < -0.4 is 20.1 Å². The third-order valence-corrected chi connectivity index (χ3v) is 5.67. The average molecular weight is 569 g/mol. The van der Waals surface area contributed by atoms with Crippen molar-refractivity contribution in [2.75, 3.05) is 53.6 Å². The third kappa shape index (κ3) is 8.04. The first kappa shape index (κ1) is 27.2. The lowest BCUT2D eigenvalue weighted by Gasteiger charge is -2.35. The molecule has 0 aliphatic carbocycles. The van der Waals surface area contributed by atoms with Gasteiger partial charge in [0, 0.05) is 26.2 Å². The van der Waals surface area contributed by atoms with Crippen LogP contribution in [0.25, 0.3) is 0 Å². The summed E-state index contributed by atoms with van der Waals surface area (Å²) in [5.41, 5.74) is 3.52. The molecule has 2 aromatic carbocycles. The van der Waals surface area contributed by atoms with Gasteiger partial charge in [0.2, 0.25) is 0 Å². The first-order valence-electron chi connectivity index (χ1n) is 11.3. The van der Waals surface area contributed by atoms with Crippen LogP contribution in [0.1, 0.15) is 29.7 Å². The lowest BCUT2D eigenvalue weighted by Crippen LogP contribution is -2.46. The Morgan fingerprint density at radius 2 is 1.79 bits per heavy atom. The second-order valence-corrected chi connectivity index (χ2v) is 7.82. The van der Waals surface area contributed by atoms with E-state index in [9.17, 15) is 0 Å². The summed E-state index contributed by atoms with van der Waals surface area (Å²) < 4.78 is 16.3. The zero-order valence-electron chi connectivity index (χ0n) is 20.1. The average Bonchev–Trinajstić information content (AvgIpc) is 2.83. The fourth-order valence-electron chi connectivity index (χ4n) is 3.92. The summed E-state index contributed by atoms with van der Waals surface area (Å²) in [6.07, 6.45) is 0. The van der Waals surface area contributed by atoms with E-state index >= 15 is 0 Å². The van der Waals surface area contributed by atoms with Gasteiger partial charge in [0.1, 0.15) is 11.5 Å². The number of hydrogen-bond donors (Lipinski definition) is 2. The van der Waals surface area contributed by atoms with Gasteiger partial charge in [0.05, 0.1) is 40.0 Å². The van der Waals surface area contributed by atoms with Gasteiger partial charge in [-0.25, -0.2) is 4.99 Å². The van der Waals surface area contributed by atoms with Crippen LogP contribution in [0.2, 0.25) is 0 Å². The smallest absolute Gasteiger partial charge is 0.191 e. The molecule has 0 radical (unpaired) electrons. The molecule has 0 saturated carbocycles. The summed E-state index contributed by atoms with van der Waals surface area (Å²) in [4.78, 5) is 7.28. The van der Waals surface area contributed by atoms with Crippen LogP contribution >= 0.6 is 24.0 Å². The molecular weight excluding hydrogens is 531 g/mol. The number of nitrogens with zero attached hydrogens (tertiary/aromatic N) is 2. The van der Waals surface area contributed by atoms with E-state index in [-0.39, 0.29) is 30.0 Å². The van der Waals surface area contributed by atoms with Gasteiger partial charge in [0.15, 0.2) is 5.96 Å².